The van der Waals surface area contributed by atoms with Crippen molar-refractivity contribution < 1.29 is 4.42 Å². The summed E-state index contributed by atoms with van der Waals surface area (Å²) < 4.78 is 7.05. The second kappa shape index (κ2) is 4.07. The van der Waals surface area contributed by atoms with Crippen LogP contribution in [0.5, 0.6) is 0 Å². The highest BCUT2D eigenvalue weighted by molar-refractivity contribution is 5.59. The second-order valence-corrected chi connectivity index (χ2v) is 4.13. The molecule has 0 saturated heterocycles. The molecule has 0 saturated carbocycles. The molecule has 3 aromatic rings. The highest BCUT2D eigenvalue weighted by Crippen LogP contribution is 2.24. The average Bonchev–Trinajstić information content (AvgIpc) is 2.99. The lowest BCUT2D eigenvalue weighted by Gasteiger charge is -2.06. The van der Waals surface area contributed by atoms with E-state index in [0.29, 0.717) is 11.6 Å². The van der Waals surface area contributed by atoms with Gasteiger partial charge in [0.2, 0.25) is 0 Å². The van der Waals surface area contributed by atoms with Gasteiger partial charge >= 0.3 is 0 Å². The molecule has 0 fully saturated rings. The Morgan fingerprint density at radius 3 is 2.72 bits per heavy atom. The molecular weight excluding hydrogens is 226 g/mol. The third-order valence-corrected chi connectivity index (χ3v) is 2.85. The number of aromatic nitrogens is 2. The molecule has 3 rings (SSSR count). The van der Waals surface area contributed by atoms with Gasteiger partial charge in [0.15, 0.2) is 5.76 Å². The van der Waals surface area contributed by atoms with Crippen LogP contribution >= 0.6 is 0 Å². The van der Waals surface area contributed by atoms with Crippen LogP contribution in [0.2, 0.25) is 0 Å². The molecule has 0 radical (unpaired) electrons. The lowest BCUT2D eigenvalue weighted by molar-refractivity contribution is 0.579. The molecule has 0 aliphatic carbocycles. The van der Waals surface area contributed by atoms with Gasteiger partial charge in [-0.1, -0.05) is 18.2 Å². The molecule has 0 aliphatic heterocycles. The smallest absolute Gasteiger partial charge is 0.154 e. The minimum Gasteiger partial charge on any atom is -0.463 e. The van der Waals surface area contributed by atoms with E-state index in [1.165, 1.54) is 0 Å². The van der Waals surface area contributed by atoms with Crippen LogP contribution in [0, 0.1) is 6.92 Å². The van der Waals surface area contributed by atoms with E-state index in [2.05, 4.69) is 5.10 Å². The number of nitrogens with two attached hydrogens (primary N) is 1. The molecule has 4 heteroatoms. The van der Waals surface area contributed by atoms with Crippen LogP contribution in [0.4, 0.5) is 5.82 Å². The summed E-state index contributed by atoms with van der Waals surface area (Å²) in [5.41, 5.74) is 8.85. The molecule has 0 unspecified atom stereocenters. The van der Waals surface area contributed by atoms with Crippen LogP contribution in [0.1, 0.15) is 5.56 Å². The first-order valence-electron chi connectivity index (χ1n) is 5.71. The second-order valence-electron chi connectivity index (χ2n) is 4.13. The highest BCUT2D eigenvalue weighted by Gasteiger charge is 2.11. The van der Waals surface area contributed by atoms with Gasteiger partial charge in [-0.15, -0.1) is 0 Å². The van der Waals surface area contributed by atoms with E-state index >= 15 is 0 Å². The molecule has 4 nitrogen and oxygen atoms in total. The number of para-hydroxylation sites is 1. The maximum Gasteiger partial charge on any atom is 0.154 e. The number of nitrogen functional groups attached to an aromatic ring is 1. The zero-order valence-electron chi connectivity index (χ0n) is 10.00. The molecule has 1 aromatic carbocycles. The van der Waals surface area contributed by atoms with Crippen molar-refractivity contribution in [1.82, 2.24) is 9.78 Å². The molecule has 2 heterocycles. The number of anilines is 1. The van der Waals surface area contributed by atoms with E-state index in [1.54, 1.807) is 10.9 Å². The van der Waals surface area contributed by atoms with E-state index in [9.17, 15) is 0 Å². The summed E-state index contributed by atoms with van der Waals surface area (Å²) in [4.78, 5) is 0. The van der Waals surface area contributed by atoms with Crippen LogP contribution in [-0.4, -0.2) is 9.78 Å². The highest BCUT2D eigenvalue weighted by atomic mass is 16.3. The van der Waals surface area contributed by atoms with Gasteiger partial charge in [0.25, 0.3) is 0 Å². The molecule has 0 spiro atoms. The number of furan rings is 1. The summed E-state index contributed by atoms with van der Waals surface area (Å²) in [6.45, 7) is 2.03. The predicted octanol–water partition coefficient (Wildman–Crippen LogP) is 3.02. The number of hydrogen-bond donors (Lipinski definition) is 1. The number of rotatable bonds is 2. The van der Waals surface area contributed by atoms with E-state index in [-0.39, 0.29) is 0 Å². The van der Waals surface area contributed by atoms with Crippen LogP contribution < -0.4 is 5.73 Å². The van der Waals surface area contributed by atoms with Gasteiger partial charge in [-0.2, -0.15) is 5.10 Å². The number of aryl methyl sites for hydroxylation is 1. The first kappa shape index (κ1) is 10.7. The van der Waals surface area contributed by atoms with Crippen molar-refractivity contribution in [2.45, 2.75) is 6.92 Å². The average molecular weight is 239 g/mol. The largest absolute Gasteiger partial charge is 0.463 e. The molecule has 0 bridgehead atoms. The summed E-state index contributed by atoms with van der Waals surface area (Å²) in [6.07, 6.45) is 1.62. The monoisotopic (exact) mass is 239 g/mol. The fourth-order valence-electron chi connectivity index (χ4n) is 1.93. The molecule has 90 valence electrons. The van der Waals surface area contributed by atoms with Crippen molar-refractivity contribution in [3.63, 3.8) is 0 Å². The Bertz CT molecular complexity index is 668. The first-order valence-corrected chi connectivity index (χ1v) is 5.71. The molecule has 2 N–H and O–H groups in total. The Morgan fingerprint density at radius 2 is 2.00 bits per heavy atom. The zero-order valence-corrected chi connectivity index (χ0v) is 10.00. The Morgan fingerprint density at radius 1 is 1.17 bits per heavy atom. The SMILES string of the molecule is Cc1ccccc1-n1nc(-c2ccco2)cc1N. The third-order valence-electron chi connectivity index (χ3n) is 2.85. The van der Waals surface area contributed by atoms with Gasteiger partial charge in [0.1, 0.15) is 11.5 Å². The Kier molecular flexibility index (Phi) is 2.41. The summed E-state index contributed by atoms with van der Waals surface area (Å²) in [7, 11) is 0. The van der Waals surface area contributed by atoms with Crippen LogP contribution in [-0.2, 0) is 0 Å². The molecule has 18 heavy (non-hydrogen) atoms. The predicted molar refractivity (Wildman–Crippen MR) is 70.4 cm³/mol. The van der Waals surface area contributed by atoms with E-state index in [0.717, 1.165) is 16.9 Å². The van der Waals surface area contributed by atoms with Crippen LogP contribution in [0.25, 0.3) is 17.1 Å². The van der Waals surface area contributed by atoms with Crippen molar-refractivity contribution in [3.8, 4) is 17.1 Å². The summed E-state index contributed by atoms with van der Waals surface area (Å²) in [5.74, 6) is 1.31. The van der Waals surface area contributed by atoms with E-state index in [4.69, 9.17) is 10.2 Å². The van der Waals surface area contributed by atoms with Crippen molar-refractivity contribution in [1.29, 1.82) is 0 Å². The van der Waals surface area contributed by atoms with E-state index < -0.39 is 0 Å². The minimum absolute atomic E-state index is 0.593. The van der Waals surface area contributed by atoms with Crippen LogP contribution in [0.3, 0.4) is 0 Å². The standard InChI is InChI=1S/C14H13N3O/c1-10-5-2-3-6-12(10)17-14(15)9-11(16-17)13-7-4-8-18-13/h2-9H,15H2,1H3. The van der Waals surface area contributed by atoms with E-state index in [1.807, 2.05) is 49.4 Å². The summed E-state index contributed by atoms with van der Waals surface area (Å²) in [6, 6.07) is 13.5. The number of nitrogens with zero attached hydrogens (tertiary/aromatic N) is 2. The van der Waals surface area contributed by atoms with Gasteiger partial charge in [0.05, 0.1) is 12.0 Å². The number of hydrogen-bond acceptors (Lipinski definition) is 3. The fourth-order valence-corrected chi connectivity index (χ4v) is 1.93. The lowest BCUT2D eigenvalue weighted by Crippen LogP contribution is -2.03. The quantitative estimate of drug-likeness (QED) is 0.747. The maximum atomic E-state index is 6.01. The summed E-state index contributed by atoms with van der Waals surface area (Å²) in [5, 5.41) is 4.48. The fraction of sp³-hybridized carbons (Fsp3) is 0.0714. The molecule has 0 atom stereocenters. The minimum atomic E-state index is 0.593. The third kappa shape index (κ3) is 1.68. The molecular formula is C14H13N3O. The molecule has 2 aromatic heterocycles. The van der Waals surface area contributed by atoms with Gasteiger partial charge in [0, 0.05) is 6.07 Å². The Labute approximate surface area is 105 Å². The topological polar surface area (TPSA) is 57.0 Å². The molecule has 0 aliphatic rings. The van der Waals surface area contributed by atoms with Gasteiger partial charge in [-0.25, -0.2) is 4.68 Å². The maximum absolute atomic E-state index is 6.01. The summed E-state index contributed by atoms with van der Waals surface area (Å²) >= 11 is 0. The normalized spacial score (nSPS) is 10.7. The lowest BCUT2D eigenvalue weighted by atomic mass is 10.2. The number of benzene rings is 1. The van der Waals surface area contributed by atoms with Crippen molar-refractivity contribution in [3.05, 3.63) is 54.3 Å². The Hall–Kier alpha value is -2.49. The van der Waals surface area contributed by atoms with Gasteiger partial charge < -0.3 is 10.2 Å². The van der Waals surface area contributed by atoms with Crippen molar-refractivity contribution in [2.24, 2.45) is 0 Å². The van der Waals surface area contributed by atoms with Crippen molar-refractivity contribution in [2.75, 3.05) is 5.73 Å². The molecule has 0 amide bonds. The zero-order chi connectivity index (χ0) is 12.5. The van der Waals surface area contributed by atoms with Gasteiger partial charge in [-0.3, -0.25) is 0 Å². The van der Waals surface area contributed by atoms with Crippen molar-refractivity contribution >= 4 is 5.82 Å². The van der Waals surface area contributed by atoms with Crippen LogP contribution in [0.15, 0.2) is 53.1 Å². The van der Waals surface area contributed by atoms with Gasteiger partial charge in [-0.05, 0) is 30.7 Å². The Balaban J connectivity index is 2.12. The first-order chi connectivity index (χ1) is 8.75.